The Morgan fingerprint density at radius 1 is 1.16 bits per heavy atom. The Balaban J connectivity index is 2.32. The molecule has 9 heteroatoms. The summed E-state index contributed by atoms with van der Waals surface area (Å²) in [5.41, 5.74) is -0.0714. The Hall–Kier alpha value is -2.78. The molecule has 0 spiro atoms. The highest BCUT2D eigenvalue weighted by Crippen LogP contribution is 2.29. The van der Waals surface area contributed by atoms with Crippen molar-refractivity contribution in [2.24, 2.45) is 5.14 Å². The van der Waals surface area contributed by atoms with E-state index in [2.05, 4.69) is 0 Å². The van der Waals surface area contributed by atoms with Crippen molar-refractivity contribution in [2.75, 3.05) is 0 Å². The molecule has 3 N–H and O–H groups in total. The molecule has 2 aromatic rings. The van der Waals surface area contributed by atoms with Crippen LogP contribution in [-0.4, -0.2) is 19.5 Å². The Bertz CT molecular complexity index is 930. The molecule has 0 fully saturated rings. The molecule has 0 radical (unpaired) electrons. The number of primary sulfonamides is 1. The van der Waals surface area contributed by atoms with Crippen LogP contribution >= 0.6 is 0 Å². The van der Waals surface area contributed by atoms with Gasteiger partial charge in [0.1, 0.15) is 5.75 Å². The molecule has 0 aromatic heterocycles. The summed E-state index contributed by atoms with van der Waals surface area (Å²) >= 11 is 0. The topological polar surface area (TPSA) is 107 Å². The average Bonchev–Trinajstić information content (AvgIpc) is 2.50. The van der Waals surface area contributed by atoms with Gasteiger partial charge >= 0.3 is 5.97 Å². The van der Waals surface area contributed by atoms with Gasteiger partial charge in [-0.2, -0.15) is 0 Å². The first-order valence-corrected chi connectivity index (χ1v) is 8.34. The number of aliphatic carboxylic acids is 1. The zero-order chi connectivity index (χ0) is 18.8. The van der Waals surface area contributed by atoms with Crippen LogP contribution in [0.15, 0.2) is 46.9 Å². The zero-order valence-electron chi connectivity index (χ0n) is 12.9. The maximum absolute atomic E-state index is 14.1. The number of ether oxygens (including phenoxy) is 1. The van der Waals surface area contributed by atoms with E-state index >= 15 is 0 Å². The van der Waals surface area contributed by atoms with Crippen LogP contribution in [0.2, 0.25) is 0 Å². The van der Waals surface area contributed by atoms with Crippen LogP contribution < -0.4 is 9.88 Å². The number of carboxylic acid groups (broad SMARTS) is 1. The smallest absolute Gasteiger partial charge is 0.331 e. The van der Waals surface area contributed by atoms with Gasteiger partial charge in [-0.1, -0.05) is 0 Å². The summed E-state index contributed by atoms with van der Waals surface area (Å²) in [5.74, 6) is -4.00. The Morgan fingerprint density at radius 3 is 2.12 bits per heavy atom. The van der Waals surface area contributed by atoms with E-state index in [9.17, 15) is 22.0 Å². The second-order valence-electron chi connectivity index (χ2n) is 5.06. The van der Waals surface area contributed by atoms with Crippen molar-refractivity contribution in [1.82, 2.24) is 0 Å². The van der Waals surface area contributed by atoms with Crippen LogP contribution in [0, 0.1) is 11.6 Å². The molecule has 0 unspecified atom stereocenters. The highest BCUT2D eigenvalue weighted by atomic mass is 32.2. The van der Waals surface area contributed by atoms with E-state index in [1.54, 1.807) is 0 Å². The molecule has 2 rings (SSSR count). The van der Waals surface area contributed by atoms with E-state index in [0.717, 1.165) is 30.3 Å². The van der Waals surface area contributed by atoms with Gasteiger partial charge < -0.3 is 9.84 Å². The summed E-state index contributed by atoms with van der Waals surface area (Å²) < 4.78 is 55.5. The van der Waals surface area contributed by atoms with E-state index in [1.807, 2.05) is 0 Å². The van der Waals surface area contributed by atoms with E-state index in [4.69, 9.17) is 15.0 Å². The highest BCUT2D eigenvalue weighted by Gasteiger charge is 2.15. The fourth-order valence-corrected chi connectivity index (χ4v) is 2.40. The van der Waals surface area contributed by atoms with E-state index in [0.29, 0.717) is 0 Å². The number of rotatable bonds is 5. The molecule has 0 bridgehead atoms. The third-order valence-corrected chi connectivity index (χ3v) is 4.04. The van der Waals surface area contributed by atoms with Crippen molar-refractivity contribution >= 4 is 22.1 Å². The predicted octanol–water partition coefficient (Wildman–Crippen LogP) is 2.89. The van der Waals surface area contributed by atoms with Gasteiger partial charge in [0.15, 0.2) is 17.4 Å². The Kier molecular flexibility index (Phi) is 5.19. The second-order valence-corrected chi connectivity index (χ2v) is 6.63. The number of hydrogen-bond donors (Lipinski definition) is 2. The molecule has 0 saturated heterocycles. The largest absolute Gasteiger partial charge is 0.478 e. The van der Waals surface area contributed by atoms with Crippen molar-refractivity contribution in [1.29, 1.82) is 0 Å². The van der Waals surface area contributed by atoms with Gasteiger partial charge in [0, 0.05) is 5.57 Å². The summed E-state index contributed by atoms with van der Waals surface area (Å²) in [6, 6.07) is 6.50. The molecule has 0 atom stereocenters. The minimum absolute atomic E-state index is 0.00444. The second kappa shape index (κ2) is 6.99. The van der Waals surface area contributed by atoms with E-state index in [1.165, 1.54) is 19.1 Å². The lowest BCUT2D eigenvalue weighted by Crippen LogP contribution is -2.11. The van der Waals surface area contributed by atoms with Gasteiger partial charge in [0.25, 0.3) is 0 Å². The normalized spacial score (nSPS) is 12.1. The van der Waals surface area contributed by atoms with E-state index < -0.39 is 33.4 Å². The first-order chi connectivity index (χ1) is 11.6. The van der Waals surface area contributed by atoms with Crippen molar-refractivity contribution in [3.63, 3.8) is 0 Å². The van der Waals surface area contributed by atoms with Crippen molar-refractivity contribution in [3.05, 3.63) is 59.2 Å². The van der Waals surface area contributed by atoms with Gasteiger partial charge in [-0.3, -0.25) is 0 Å². The lowest BCUT2D eigenvalue weighted by atomic mass is 10.1. The molecule has 0 amide bonds. The molecule has 132 valence electrons. The third-order valence-electron chi connectivity index (χ3n) is 3.11. The molecular formula is C16H13F2NO5S. The predicted molar refractivity (Wildman–Crippen MR) is 85.5 cm³/mol. The van der Waals surface area contributed by atoms with Crippen LogP contribution in [-0.2, 0) is 14.8 Å². The van der Waals surface area contributed by atoms with Crippen LogP contribution in [0.1, 0.15) is 12.5 Å². The first-order valence-electron chi connectivity index (χ1n) is 6.79. The fraction of sp³-hybridized carbons (Fsp3) is 0.0625. The number of sulfonamides is 1. The number of hydrogen-bond acceptors (Lipinski definition) is 4. The molecule has 2 aromatic carbocycles. The van der Waals surface area contributed by atoms with Gasteiger partial charge in [-0.15, -0.1) is 0 Å². The monoisotopic (exact) mass is 369 g/mol. The Morgan fingerprint density at radius 2 is 1.68 bits per heavy atom. The molecule has 0 heterocycles. The molecule has 25 heavy (non-hydrogen) atoms. The molecular weight excluding hydrogens is 356 g/mol. The van der Waals surface area contributed by atoms with Crippen LogP contribution in [0.4, 0.5) is 8.78 Å². The molecule has 0 aliphatic rings. The standard InChI is InChI=1S/C16H13F2NO5S/c1-9(16(20)21)6-10-7-13(17)15(14(18)8-10)24-11-2-4-12(5-3-11)25(19,22)23/h2-8H,1H3,(H,20,21)(H2,19,22,23)/b9-6+. The quantitative estimate of drug-likeness (QED) is 0.788. The van der Waals surface area contributed by atoms with Crippen LogP contribution in [0.3, 0.4) is 0 Å². The SMILES string of the molecule is C/C(=C\c1cc(F)c(Oc2ccc(S(N)(=O)=O)cc2)c(F)c1)C(=O)O. The minimum Gasteiger partial charge on any atom is -0.478 e. The first kappa shape index (κ1) is 18.6. The van der Waals surface area contributed by atoms with Crippen LogP contribution in [0.25, 0.3) is 6.08 Å². The number of carbonyl (C=O) groups is 1. The highest BCUT2D eigenvalue weighted by molar-refractivity contribution is 7.89. The van der Waals surface area contributed by atoms with Crippen molar-refractivity contribution < 1.29 is 31.8 Å². The van der Waals surface area contributed by atoms with Crippen LogP contribution in [0.5, 0.6) is 11.5 Å². The number of halogens is 2. The Labute approximate surface area is 142 Å². The summed E-state index contributed by atoms with van der Waals surface area (Å²) in [6.45, 7) is 1.29. The lowest BCUT2D eigenvalue weighted by Gasteiger charge is -2.09. The zero-order valence-corrected chi connectivity index (χ0v) is 13.7. The number of carboxylic acids is 1. The van der Waals surface area contributed by atoms with Crippen molar-refractivity contribution in [2.45, 2.75) is 11.8 Å². The van der Waals surface area contributed by atoms with E-state index in [-0.39, 0.29) is 21.8 Å². The number of benzene rings is 2. The molecule has 6 nitrogen and oxygen atoms in total. The maximum atomic E-state index is 14.1. The average molecular weight is 369 g/mol. The molecule has 0 aliphatic carbocycles. The third kappa shape index (κ3) is 4.61. The molecule has 0 saturated carbocycles. The molecule has 0 aliphatic heterocycles. The van der Waals surface area contributed by atoms with Gasteiger partial charge in [-0.25, -0.2) is 27.1 Å². The summed E-state index contributed by atoms with van der Waals surface area (Å²) in [7, 11) is -3.89. The number of nitrogens with two attached hydrogens (primary N) is 1. The van der Waals surface area contributed by atoms with Gasteiger partial charge in [0.2, 0.25) is 10.0 Å². The fourth-order valence-electron chi connectivity index (χ4n) is 1.89. The minimum atomic E-state index is -3.89. The lowest BCUT2D eigenvalue weighted by molar-refractivity contribution is -0.132. The summed E-state index contributed by atoms with van der Waals surface area (Å²) in [4.78, 5) is 10.6. The summed E-state index contributed by atoms with van der Waals surface area (Å²) in [6.07, 6.45) is 1.11. The van der Waals surface area contributed by atoms with Gasteiger partial charge in [0.05, 0.1) is 4.90 Å². The maximum Gasteiger partial charge on any atom is 0.331 e. The van der Waals surface area contributed by atoms with Gasteiger partial charge in [-0.05, 0) is 55.0 Å². The van der Waals surface area contributed by atoms with Crippen molar-refractivity contribution in [3.8, 4) is 11.5 Å². The summed E-state index contributed by atoms with van der Waals surface area (Å²) in [5, 5.41) is 13.7.